The molecular formula is C28H24B2O10. The summed E-state index contributed by atoms with van der Waals surface area (Å²) in [5, 5.41) is 10.3. The van der Waals surface area contributed by atoms with Crippen LogP contribution in [-0.4, -0.2) is 68.6 Å². The van der Waals surface area contributed by atoms with Crippen LogP contribution in [0, 0.1) is 0 Å². The van der Waals surface area contributed by atoms with Gasteiger partial charge in [0.05, 0.1) is 36.5 Å². The highest BCUT2D eigenvalue weighted by atomic mass is 16.8. The third-order valence-electron chi connectivity index (χ3n) is 7.57. The number of aliphatic hydroxyl groups is 1. The summed E-state index contributed by atoms with van der Waals surface area (Å²) in [6.07, 6.45) is -1.81. The Morgan fingerprint density at radius 1 is 0.725 bits per heavy atom. The number of carbonyl (C=O) groups is 2. The summed E-state index contributed by atoms with van der Waals surface area (Å²) in [5.74, 6) is -2.38. The maximum absolute atomic E-state index is 12.6. The number of esters is 2. The van der Waals surface area contributed by atoms with Crippen LogP contribution in [0.4, 0.5) is 0 Å². The van der Waals surface area contributed by atoms with Crippen molar-refractivity contribution in [3.8, 4) is 0 Å². The first kappa shape index (κ1) is 25.5. The molecule has 1 N–H and O–H groups in total. The molecule has 3 aromatic carbocycles. The fourth-order valence-corrected chi connectivity index (χ4v) is 5.30. The molecule has 8 heterocycles. The highest BCUT2D eigenvalue weighted by molar-refractivity contribution is 6.62. The summed E-state index contributed by atoms with van der Waals surface area (Å²) in [7, 11) is -1.59. The number of ether oxygens (including phenoxy) is 3. The number of rotatable bonds is 1. The lowest BCUT2D eigenvalue weighted by molar-refractivity contribution is -0.270. The van der Waals surface area contributed by atoms with Gasteiger partial charge in [0.2, 0.25) is 5.79 Å². The van der Waals surface area contributed by atoms with E-state index < -0.39 is 56.9 Å². The Balaban J connectivity index is 1.20. The Morgan fingerprint density at radius 3 is 1.82 bits per heavy atom. The number of hydrogen-bond acceptors (Lipinski definition) is 10. The zero-order valence-corrected chi connectivity index (χ0v) is 21.3. The van der Waals surface area contributed by atoms with Crippen LogP contribution < -0.4 is 10.9 Å². The van der Waals surface area contributed by atoms with Gasteiger partial charge in [0.15, 0.2) is 0 Å². The average Bonchev–Trinajstić information content (AvgIpc) is 3.61. The van der Waals surface area contributed by atoms with E-state index in [1.165, 1.54) is 0 Å². The molecule has 12 heteroatoms. The lowest BCUT2D eigenvalue weighted by atomic mass is 9.79. The normalized spacial score (nSPS) is 27.7. The van der Waals surface area contributed by atoms with Crippen LogP contribution in [0.1, 0.15) is 31.8 Å². The van der Waals surface area contributed by atoms with Gasteiger partial charge in [-0.1, -0.05) is 48.5 Å². The number of carbonyl (C=O) groups excluding carboxylic acids is 2. The molecule has 0 radical (unpaired) electrons. The maximum atomic E-state index is 12.6. The molecule has 10 nitrogen and oxygen atoms in total. The Kier molecular flexibility index (Phi) is 6.46. The van der Waals surface area contributed by atoms with E-state index in [0.29, 0.717) is 22.1 Å². The van der Waals surface area contributed by atoms with Crippen LogP contribution in [0.25, 0.3) is 0 Å². The summed E-state index contributed by atoms with van der Waals surface area (Å²) in [6.45, 7) is -0.133. The van der Waals surface area contributed by atoms with Gasteiger partial charge in [-0.25, -0.2) is 9.59 Å². The van der Waals surface area contributed by atoms with E-state index in [9.17, 15) is 14.7 Å². The van der Waals surface area contributed by atoms with Crippen molar-refractivity contribution in [1.82, 2.24) is 0 Å². The number of fused-ring (bicyclic) bond motifs is 1. The van der Waals surface area contributed by atoms with Gasteiger partial charge in [-0.15, -0.1) is 0 Å². The lowest BCUT2D eigenvalue weighted by Gasteiger charge is -2.41. The smallest absolute Gasteiger partial charge is 0.457 e. The second-order valence-corrected chi connectivity index (χ2v) is 10.1. The third kappa shape index (κ3) is 4.52. The van der Waals surface area contributed by atoms with Gasteiger partial charge in [0.1, 0.15) is 19.3 Å². The molecule has 3 aromatic rings. The van der Waals surface area contributed by atoms with Crippen molar-refractivity contribution in [2.45, 2.75) is 37.3 Å². The molecule has 0 amide bonds. The number of benzene rings is 3. The summed E-state index contributed by atoms with van der Waals surface area (Å²) >= 11 is 0. The Labute approximate surface area is 230 Å². The van der Waals surface area contributed by atoms with E-state index in [1.54, 1.807) is 48.5 Å². The monoisotopic (exact) mass is 542 g/mol. The average molecular weight is 542 g/mol. The number of hydrogen-bond donors (Lipinski definition) is 1. The third-order valence-corrected chi connectivity index (χ3v) is 7.57. The predicted molar refractivity (Wildman–Crippen MR) is 140 cm³/mol. The molecule has 0 aromatic heterocycles. The Bertz CT molecular complexity index is 1410. The standard InChI is InChI=1S/C28H24B2O10/c31-16-28-25-24-23(15-36-28)37-29(38-24)21-9-5-19(6-10-21)26(32)34-13-17-1-3-18(4-2-17)14-35-27(33)20-7-11-22(12-8-20)30(39-25)40-28/h1-12,23-25,31H,13-16H2/t23-,24-,25+,28+/m1/s1. The van der Waals surface area contributed by atoms with Crippen LogP contribution in [0.5, 0.6) is 0 Å². The molecule has 10 bridgehead atoms. The molecule has 0 aliphatic carbocycles. The molecule has 3 saturated heterocycles. The Hall–Kier alpha value is -3.51. The van der Waals surface area contributed by atoms with Gasteiger partial charge in [-0.3, -0.25) is 0 Å². The van der Waals surface area contributed by atoms with Crippen molar-refractivity contribution in [1.29, 1.82) is 0 Å². The Morgan fingerprint density at radius 2 is 1.27 bits per heavy atom. The van der Waals surface area contributed by atoms with Crippen LogP contribution >= 0.6 is 0 Å². The van der Waals surface area contributed by atoms with E-state index >= 15 is 0 Å². The minimum absolute atomic E-state index is 0.0888. The lowest BCUT2D eigenvalue weighted by Crippen LogP contribution is -2.60. The maximum Gasteiger partial charge on any atom is 0.496 e. The van der Waals surface area contributed by atoms with Gasteiger partial charge in [0, 0.05) is 0 Å². The quantitative estimate of drug-likeness (QED) is 0.348. The highest BCUT2D eigenvalue weighted by Crippen LogP contribution is 2.40. The second-order valence-electron chi connectivity index (χ2n) is 10.1. The molecule has 0 saturated carbocycles. The molecule has 8 aliphatic heterocycles. The first-order chi connectivity index (χ1) is 19.5. The molecule has 40 heavy (non-hydrogen) atoms. The van der Waals surface area contributed by atoms with Gasteiger partial charge >= 0.3 is 26.2 Å². The molecule has 3 fully saturated rings. The summed E-state index contributed by atoms with van der Waals surface area (Å²) in [6, 6.07) is 20.8. The van der Waals surface area contributed by atoms with Crippen molar-refractivity contribution < 1.29 is 47.5 Å². The zero-order valence-electron chi connectivity index (χ0n) is 21.3. The number of aliphatic hydroxyl groups excluding tert-OH is 1. The van der Waals surface area contributed by atoms with Crippen molar-refractivity contribution >= 4 is 37.1 Å². The van der Waals surface area contributed by atoms with Crippen molar-refractivity contribution in [3.05, 3.63) is 95.1 Å². The molecule has 11 rings (SSSR count). The zero-order chi connectivity index (χ0) is 27.3. The fourth-order valence-electron chi connectivity index (χ4n) is 5.30. The van der Waals surface area contributed by atoms with E-state index in [0.717, 1.165) is 11.1 Å². The topological polar surface area (TPSA) is 119 Å². The minimum atomic E-state index is -1.43. The first-order valence-electron chi connectivity index (χ1n) is 13.0. The fraction of sp³-hybridized carbons (Fsp3) is 0.286. The van der Waals surface area contributed by atoms with Gasteiger partial charge in [-0.2, -0.15) is 0 Å². The van der Waals surface area contributed by atoms with E-state index in [1.807, 2.05) is 24.3 Å². The summed E-state index contributed by atoms with van der Waals surface area (Å²) in [4.78, 5) is 25.3. The minimum Gasteiger partial charge on any atom is -0.457 e. The molecule has 4 atom stereocenters. The molecule has 202 valence electrons. The molecular weight excluding hydrogens is 518 g/mol. The molecule has 0 unspecified atom stereocenters. The van der Waals surface area contributed by atoms with Crippen LogP contribution in [0.2, 0.25) is 0 Å². The largest absolute Gasteiger partial charge is 0.496 e. The van der Waals surface area contributed by atoms with Gasteiger partial charge < -0.3 is 37.9 Å². The van der Waals surface area contributed by atoms with Crippen molar-refractivity contribution in [2.24, 2.45) is 0 Å². The van der Waals surface area contributed by atoms with Crippen molar-refractivity contribution in [3.63, 3.8) is 0 Å². The van der Waals surface area contributed by atoms with Gasteiger partial charge in [0.25, 0.3) is 0 Å². The predicted octanol–water partition coefficient (Wildman–Crippen LogP) is 0.723. The molecule has 8 aliphatic rings. The first-order valence-corrected chi connectivity index (χ1v) is 13.0. The van der Waals surface area contributed by atoms with Crippen LogP contribution in [0.3, 0.4) is 0 Å². The summed E-state index contributed by atoms with van der Waals surface area (Å²) in [5.41, 5.74) is 3.71. The van der Waals surface area contributed by atoms with E-state index in [4.69, 9.17) is 32.8 Å². The van der Waals surface area contributed by atoms with E-state index in [2.05, 4.69) is 0 Å². The van der Waals surface area contributed by atoms with Crippen LogP contribution in [0.15, 0.2) is 72.8 Å². The summed E-state index contributed by atoms with van der Waals surface area (Å²) < 4.78 is 41.6. The highest BCUT2D eigenvalue weighted by Gasteiger charge is 2.63. The van der Waals surface area contributed by atoms with Gasteiger partial charge in [-0.05, 0) is 46.3 Å². The second kappa shape index (κ2) is 10.2. The van der Waals surface area contributed by atoms with Crippen molar-refractivity contribution in [2.75, 3.05) is 13.2 Å². The SMILES string of the molecule is O=C1OCc2ccc(cc2)COC(=O)c2ccc(cc2)B2O[C@H]3[C@@H]4OB(O[C@@H]4CO[C@@]3(CO)O2)c2ccc1cc2. The van der Waals surface area contributed by atoms with Crippen LogP contribution in [-0.2, 0) is 46.0 Å². The molecule has 0 spiro atoms. The van der Waals surface area contributed by atoms with E-state index in [-0.39, 0.29) is 19.8 Å².